The summed E-state index contributed by atoms with van der Waals surface area (Å²) in [5.41, 5.74) is 0.413. The molecule has 0 spiro atoms. The molecule has 1 saturated carbocycles. The highest BCUT2D eigenvalue weighted by molar-refractivity contribution is 7.89. The molecule has 0 saturated heterocycles. The summed E-state index contributed by atoms with van der Waals surface area (Å²) in [5.74, 6) is -0.184. The van der Waals surface area contributed by atoms with Crippen LogP contribution in [-0.4, -0.2) is 37.8 Å². The van der Waals surface area contributed by atoms with Gasteiger partial charge in [-0.1, -0.05) is 32.8 Å². The second-order valence-corrected chi connectivity index (χ2v) is 8.32. The van der Waals surface area contributed by atoms with E-state index in [4.69, 9.17) is 0 Å². The van der Waals surface area contributed by atoms with Crippen molar-refractivity contribution in [1.29, 1.82) is 0 Å². The molecule has 134 valence electrons. The molecule has 0 unspecified atom stereocenters. The summed E-state index contributed by atoms with van der Waals surface area (Å²) >= 11 is 0. The first-order valence-corrected chi connectivity index (χ1v) is 10.3. The zero-order chi connectivity index (χ0) is 17.6. The highest BCUT2D eigenvalue weighted by Crippen LogP contribution is 2.20. The number of nitrogens with zero attached hydrogens (tertiary/aromatic N) is 1. The average Bonchev–Trinajstić information content (AvgIpc) is 3.07. The van der Waals surface area contributed by atoms with Gasteiger partial charge < -0.3 is 5.32 Å². The van der Waals surface area contributed by atoms with Gasteiger partial charge in [-0.15, -0.1) is 0 Å². The Morgan fingerprint density at radius 1 is 1.17 bits per heavy atom. The Hall–Kier alpha value is -1.40. The maximum atomic E-state index is 12.8. The molecule has 1 amide bonds. The topological polar surface area (TPSA) is 66.5 Å². The number of benzene rings is 1. The minimum absolute atomic E-state index is 0.184. The van der Waals surface area contributed by atoms with Crippen LogP contribution in [0.2, 0.25) is 0 Å². The molecule has 24 heavy (non-hydrogen) atoms. The predicted molar refractivity (Wildman–Crippen MR) is 95.5 cm³/mol. The molecule has 0 atom stereocenters. The van der Waals surface area contributed by atoms with Crippen molar-refractivity contribution in [3.63, 3.8) is 0 Å². The Bertz CT molecular complexity index is 646. The molecule has 0 radical (unpaired) electrons. The highest BCUT2D eigenvalue weighted by atomic mass is 32.2. The van der Waals surface area contributed by atoms with Crippen LogP contribution < -0.4 is 5.32 Å². The first kappa shape index (κ1) is 18.9. The third-order valence-electron chi connectivity index (χ3n) is 4.37. The first-order chi connectivity index (χ1) is 11.5. The van der Waals surface area contributed by atoms with Crippen LogP contribution in [0.15, 0.2) is 29.2 Å². The molecular formula is C18H28N2O3S. The number of nitrogens with one attached hydrogen (secondary N) is 1. The third kappa shape index (κ3) is 4.57. The van der Waals surface area contributed by atoms with Gasteiger partial charge in [0.25, 0.3) is 5.91 Å². The van der Waals surface area contributed by atoms with Gasteiger partial charge in [0.05, 0.1) is 4.90 Å². The molecule has 0 aliphatic heterocycles. The summed E-state index contributed by atoms with van der Waals surface area (Å²) in [6.07, 6.45) is 5.82. The zero-order valence-electron chi connectivity index (χ0n) is 14.6. The molecule has 1 fully saturated rings. The summed E-state index contributed by atoms with van der Waals surface area (Å²) in [6, 6.07) is 6.60. The van der Waals surface area contributed by atoms with E-state index in [-0.39, 0.29) is 16.8 Å². The molecule has 1 aliphatic rings. The number of hydrogen-bond donors (Lipinski definition) is 1. The Kier molecular flexibility index (Phi) is 6.80. The maximum absolute atomic E-state index is 12.8. The van der Waals surface area contributed by atoms with E-state index in [2.05, 4.69) is 5.32 Å². The minimum atomic E-state index is -3.56. The van der Waals surface area contributed by atoms with E-state index in [1.165, 1.54) is 10.4 Å². The smallest absolute Gasteiger partial charge is 0.251 e. The monoisotopic (exact) mass is 352 g/mol. The van der Waals surface area contributed by atoms with Crippen molar-refractivity contribution in [2.75, 3.05) is 13.1 Å². The van der Waals surface area contributed by atoms with Gasteiger partial charge in [-0.2, -0.15) is 4.31 Å². The predicted octanol–water partition coefficient (Wildman–Crippen LogP) is 3.17. The quantitative estimate of drug-likeness (QED) is 0.781. The average molecular weight is 353 g/mol. The molecular weight excluding hydrogens is 324 g/mol. The summed E-state index contributed by atoms with van der Waals surface area (Å²) in [4.78, 5) is 12.6. The third-order valence-corrected chi connectivity index (χ3v) is 6.27. The lowest BCUT2D eigenvalue weighted by atomic mass is 10.2. The van der Waals surface area contributed by atoms with Gasteiger partial charge in [-0.25, -0.2) is 8.42 Å². The number of hydrogen-bond acceptors (Lipinski definition) is 3. The standard InChI is InChI=1S/C18H28N2O3S/c1-3-12-20(13-4-2)24(22,23)17-11-7-8-15(14-17)18(21)19-16-9-5-6-10-16/h7-8,11,14,16H,3-6,9-10,12-13H2,1-2H3,(H,19,21). The van der Waals surface area contributed by atoms with E-state index < -0.39 is 10.0 Å². The fourth-order valence-corrected chi connectivity index (χ4v) is 4.81. The largest absolute Gasteiger partial charge is 0.349 e. The van der Waals surface area contributed by atoms with Crippen molar-refractivity contribution in [3.05, 3.63) is 29.8 Å². The minimum Gasteiger partial charge on any atom is -0.349 e. The van der Waals surface area contributed by atoms with Gasteiger partial charge in [0.2, 0.25) is 10.0 Å². The summed E-state index contributed by atoms with van der Waals surface area (Å²) < 4.78 is 27.2. The second kappa shape index (κ2) is 8.62. The Balaban J connectivity index is 2.19. The fourth-order valence-electron chi connectivity index (χ4n) is 3.14. The fraction of sp³-hybridized carbons (Fsp3) is 0.611. The molecule has 0 aromatic heterocycles. The maximum Gasteiger partial charge on any atom is 0.251 e. The van der Waals surface area contributed by atoms with E-state index in [9.17, 15) is 13.2 Å². The van der Waals surface area contributed by atoms with E-state index in [0.29, 0.717) is 18.7 Å². The van der Waals surface area contributed by atoms with Crippen LogP contribution >= 0.6 is 0 Å². The number of amides is 1. The van der Waals surface area contributed by atoms with Gasteiger partial charge in [0, 0.05) is 24.7 Å². The van der Waals surface area contributed by atoms with Crippen LogP contribution in [0.4, 0.5) is 0 Å². The lowest BCUT2D eigenvalue weighted by molar-refractivity contribution is 0.0937. The van der Waals surface area contributed by atoms with Crippen LogP contribution in [0.1, 0.15) is 62.7 Å². The van der Waals surface area contributed by atoms with Crippen LogP contribution in [0.25, 0.3) is 0 Å². The first-order valence-electron chi connectivity index (χ1n) is 8.90. The van der Waals surface area contributed by atoms with Crippen LogP contribution in [0.5, 0.6) is 0 Å². The van der Waals surface area contributed by atoms with Crippen molar-refractivity contribution in [1.82, 2.24) is 9.62 Å². The normalized spacial score (nSPS) is 15.8. The number of carbonyl (C=O) groups excluding carboxylic acids is 1. The van der Waals surface area contributed by atoms with E-state index in [0.717, 1.165) is 38.5 Å². The molecule has 1 aromatic carbocycles. The van der Waals surface area contributed by atoms with Crippen LogP contribution in [0, 0.1) is 0 Å². The molecule has 1 aliphatic carbocycles. The highest BCUT2D eigenvalue weighted by Gasteiger charge is 2.24. The van der Waals surface area contributed by atoms with E-state index >= 15 is 0 Å². The van der Waals surface area contributed by atoms with Crippen molar-refractivity contribution >= 4 is 15.9 Å². The van der Waals surface area contributed by atoms with Crippen molar-refractivity contribution in [2.24, 2.45) is 0 Å². The lowest BCUT2D eigenvalue weighted by Crippen LogP contribution is -2.34. The molecule has 1 aromatic rings. The summed E-state index contributed by atoms with van der Waals surface area (Å²) in [5, 5.41) is 3.01. The van der Waals surface area contributed by atoms with E-state index in [1.807, 2.05) is 13.8 Å². The lowest BCUT2D eigenvalue weighted by Gasteiger charge is -2.21. The Morgan fingerprint density at radius 2 is 1.79 bits per heavy atom. The summed E-state index contributed by atoms with van der Waals surface area (Å²) in [7, 11) is -3.56. The van der Waals surface area contributed by atoms with Gasteiger partial charge >= 0.3 is 0 Å². The van der Waals surface area contributed by atoms with Crippen molar-refractivity contribution in [3.8, 4) is 0 Å². The van der Waals surface area contributed by atoms with Gasteiger partial charge in [0.15, 0.2) is 0 Å². The number of carbonyl (C=O) groups is 1. The molecule has 1 N–H and O–H groups in total. The Morgan fingerprint density at radius 3 is 2.38 bits per heavy atom. The number of rotatable bonds is 8. The second-order valence-electron chi connectivity index (χ2n) is 6.39. The zero-order valence-corrected chi connectivity index (χ0v) is 15.4. The SMILES string of the molecule is CCCN(CCC)S(=O)(=O)c1cccc(C(=O)NC2CCCC2)c1. The van der Waals surface area contributed by atoms with Gasteiger partial charge in [-0.05, 0) is 43.9 Å². The molecule has 5 nitrogen and oxygen atoms in total. The van der Waals surface area contributed by atoms with Gasteiger partial charge in [0.1, 0.15) is 0 Å². The Labute approximate surface area is 145 Å². The van der Waals surface area contributed by atoms with E-state index in [1.54, 1.807) is 18.2 Å². The molecule has 0 heterocycles. The van der Waals surface area contributed by atoms with Crippen molar-refractivity contribution in [2.45, 2.75) is 63.3 Å². The van der Waals surface area contributed by atoms with Gasteiger partial charge in [-0.3, -0.25) is 4.79 Å². The van der Waals surface area contributed by atoms with Crippen LogP contribution in [0.3, 0.4) is 0 Å². The molecule has 6 heteroatoms. The number of sulfonamides is 1. The summed E-state index contributed by atoms with van der Waals surface area (Å²) in [6.45, 7) is 4.91. The van der Waals surface area contributed by atoms with Crippen LogP contribution in [-0.2, 0) is 10.0 Å². The van der Waals surface area contributed by atoms with Crippen molar-refractivity contribution < 1.29 is 13.2 Å². The molecule has 2 rings (SSSR count). The molecule has 0 bridgehead atoms.